The number of rotatable bonds is 4. The average Bonchev–Trinajstić information content (AvgIpc) is 2.47. The van der Waals surface area contributed by atoms with Crippen molar-refractivity contribution < 1.29 is 13.2 Å². The summed E-state index contributed by atoms with van der Waals surface area (Å²) in [6.45, 7) is 5.07. The van der Waals surface area contributed by atoms with E-state index >= 15 is 0 Å². The second kappa shape index (κ2) is 6.76. The van der Waals surface area contributed by atoms with Crippen LogP contribution >= 0.6 is 0 Å². The maximum atomic E-state index is 12.6. The van der Waals surface area contributed by atoms with Gasteiger partial charge in [-0.15, -0.1) is 0 Å². The Labute approximate surface area is 131 Å². The number of sulfonamides is 1. The van der Waals surface area contributed by atoms with E-state index in [4.69, 9.17) is 5.73 Å². The van der Waals surface area contributed by atoms with Crippen molar-refractivity contribution in [3.8, 4) is 0 Å². The van der Waals surface area contributed by atoms with Crippen LogP contribution in [0.15, 0.2) is 23.1 Å². The van der Waals surface area contributed by atoms with E-state index in [1.54, 1.807) is 17.9 Å². The zero-order valence-electron chi connectivity index (χ0n) is 13.0. The summed E-state index contributed by atoms with van der Waals surface area (Å²) in [4.78, 5) is 14.5. The molecule has 0 radical (unpaired) electrons. The Bertz CT molecular complexity index is 650. The third-order valence-corrected chi connectivity index (χ3v) is 5.45. The van der Waals surface area contributed by atoms with Crippen LogP contribution in [0, 0.1) is 6.92 Å². The van der Waals surface area contributed by atoms with E-state index in [0.717, 1.165) is 18.4 Å². The predicted molar refractivity (Wildman–Crippen MR) is 85.2 cm³/mol. The monoisotopic (exact) mass is 325 g/mol. The minimum atomic E-state index is -3.56. The van der Waals surface area contributed by atoms with Crippen LogP contribution in [-0.2, 0) is 10.0 Å². The number of amides is 1. The van der Waals surface area contributed by atoms with Gasteiger partial charge in [0.15, 0.2) is 0 Å². The lowest BCUT2D eigenvalue weighted by Crippen LogP contribution is -2.43. The highest BCUT2D eigenvalue weighted by Crippen LogP contribution is 2.19. The van der Waals surface area contributed by atoms with E-state index in [2.05, 4.69) is 4.72 Å². The lowest BCUT2D eigenvalue weighted by molar-refractivity contribution is 0.0714. The fraction of sp³-hybridized carbons (Fsp3) is 0.533. The molecule has 122 valence electrons. The van der Waals surface area contributed by atoms with Crippen LogP contribution in [0.4, 0.5) is 0 Å². The third-order valence-electron chi connectivity index (χ3n) is 3.91. The highest BCUT2D eigenvalue weighted by molar-refractivity contribution is 7.89. The van der Waals surface area contributed by atoms with Crippen molar-refractivity contribution in [2.24, 2.45) is 5.73 Å². The fourth-order valence-corrected chi connectivity index (χ4v) is 3.61. The number of aryl methyl sites for hydroxylation is 1. The third kappa shape index (κ3) is 3.66. The van der Waals surface area contributed by atoms with Crippen molar-refractivity contribution in [1.29, 1.82) is 0 Å². The van der Waals surface area contributed by atoms with Crippen LogP contribution < -0.4 is 10.5 Å². The first-order chi connectivity index (χ1) is 10.3. The molecule has 3 N–H and O–H groups in total. The normalized spacial score (nSPS) is 16.8. The lowest BCUT2D eigenvalue weighted by Gasteiger charge is -2.30. The molecule has 2 rings (SSSR count). The van der Waals surface area contributed by atoms with Gasteiger partial charge in [0.05, 0.1) is 4.90 Å². The number of carbonyl (C=O) groups excluding carboxylic acids is 1. The lowest BCUT2D eigenvalue weighted by atomic mass is 10.0. The van der Waals surface area contributed by atoms with Gasteiger partial charge in [-0.05, 0) is 37.5 Å². The summed E-state index contributed by atoms with van der Waals surface area (Å²) in [5.41, 5.74) is 7.07. The number of nitrogens with one attached hydrogen (secondary N) is 1. The van der Waals surface area contributed by atoms with Crippen molar-refractivity contribution in [2.45, 2.75) is 37.6 Å². The van der Waals surface area contributed by atoms with Gasteiger partial charge in [-0.3, -0.25) is 4.79 Å². The maximum absolute atomic E-state index is 12.6. The molecule has 1 fully saturated rings. The summed E-state index contributed by atoms with van der Waals surface area (Å²) in [6, 6.07) is 4.80. The van der Waals surface area contributed by atoms with Gasteiger partial charge in [-0.2, -0.15) is 0 Å². The summed E-state index contributed by atoms with van der Waals surface area (Å²) in [5, 5.41) is 0. The van der Waals surface area contributed by atoms with Crippen LogP contribution in [-0.4, -0.2) is 44.9 Å². The topological polar surface area (TPSA) is 92.5 Å². The van der Waals surface area contributed by atoms with Gasteiger partial charge in [0.2, 0.25) is 10.0 Å². The predicted octanol–water partition coefficient (Wildman–Crippen LogP) is 0.857. The largest absolute Gasteiger partial charge is 0.339 e. The fourth-order valence-electron chi connectivity index (χ4n) is 2.54. The van der Waals surface area contributed by atoms with Gasteiger partial charge in [-0.1, -0.05) is 13.0 Å². The maximum Gasteiger partial charge on any atom is 0.254 e. The quantitative estimate of drug-likeness (QED) is 0.858. The van der Waals surface area contributed by atoms with Crippen LogP contribution in [0.3, 0.4) is 0 Å². The zero-order valence-corrected chi connectivity index (χ0v) is 13.8. The molecule has 0 saturated carbocycles. The molecular formula is C15H23N3O3S. The SMILES string of the molecule is CCNS(=O)(=O)c1ccc(C)c(C(=O)N2CCC(N)CC2)c1. The number of nitrogens with two attached hydrogens (primary N) is 1. The summed E-state index contributed by atoms with van der Waals surface area (Å²) in [7, 11) is -3.56. The molecule has 1 amide bonds. The van der Waals surface area contributed by atoms with Gasteiger partial charge in [0, 0.05) is 31.2 Å². The summed E-state index contributed by atoms with van der Waals surface area (Å²) < 4.78 is 26.6. The molecule has 1 aliphatic rings. The van der Waals surface area contributed by atoms with Gasteiger partial charge in [0.1, 0.15) is 0 Å². The molecule has 22 heavy (non-hydrogen) atoms. The molecule has 1 aliphatic heterocycles. The molecule has 1 aromatic carbocycles. The minimum absolute atomic E-state index is 0.122. The van der Waals surface area contributed by atoms with Crippen molar-refractivity contribution >= 4 is 15.9 Å². The number of nitrogens with zero attached hydrogens (tertiary/aromatic N) is 1. The second-order valence-corrected chi connectivity index (χ2v) is 7.37. The van der Waals surface area contributed by atoms with E-state index < -0.39 is 10.0 Å². The first-order valence-corrected chi connectivity index (χ1v) is 8.98. The van der Waals surface area contributed by atoms with E-state index in [0.29, 0.717) is 25.2 Å². The highest BCUT2D eigenvalue weighted by atomic mass is 32.2. The molecule has 6 nitrogen and oxygen atoms in total. The Morgan fingerprint density at radius 3 is 2.59 bits per heavy atom. The molecule has 0 aromatic heterocycles. The number of hydrogen-bond acceptors (Lipinski definition) is 4. The van der Waals surface area contributed by atoms with Crippen molar-refractivity contribution in [1.82, 2.24) is 9.62 Å². The Kier molecular flexibility index (Phi) is 5.20. The van der Waals surface area contributed by atoms with E-state index in [9.17, 15) is 13.2 Å². The molecule has 1 aromatic rings. The van der Waals surface area contributed by atoms with Crippen molar-refractivity contribution in [3.05, 3.63) is 29.3 Å². The molecule has 0 unspecified atom stereocenters. The Morgan fingerprint density at radius 1 is 1.36 bits per heavy atom. The van der Waals surface area contributed by atoms with Crippen LogP contribution in [0.1, 0.15) is 35.7 Å². The van der Waals surface area contributed by atoms with Gasteiger partial charge < -0.3 is 10.6 Å². The minimum Gasteiger partial charge on any atom is -0.339 e. The van der Waals surface area contributed by atoms with Crippen molar-refractivity contribution in [3.63, 3.8) is 0 Å². The van der Waals surface area contributed by atoms with Gasteiger partial charge >= 0.3 is 0 Å². The van der Waals surface area contributed by atoms with Gasteiger partial charge in [0.25, 0.3) is 5.91 Å². The van der Waals surface area contributed by atoms with E-state index in [1.165, 1.54) is 12.1 Å². The molecule has 1 heterocycles. The number of benzene rings is 1. The molecule has 0 bridgehead atoms. The molecule has 7 heteroatoms. The zero-order chi connectivity index (χ0) is 16.3. The molecule has 0 aliphatic carbocycles. The van der Waals surface area contributed by atoms with Gasteiger partial charge in [-0.25, -0.2) is 13.1 Å². The van der Waals surface area contributed by atoms with E-state index in [1.807, 2.05) is 6.92 Å². The molecule has 0 spiro atoms. The smallest absolute Gasteiger partial charge is 0.254 e. The number of hydrogen-bond donors (Lipinski definition) is 2. The summed E-state index contributed by atoms with van der Waals surface area (Å²) in [5.74, 6) is -0.127. The Morgan fingerprint density at radius 2 is 2.00 bits per heavy atom. The van der Waals surface area contributed by atoms with Crippen molar-refractivity contribution in [2.75, 3.05) is 19.6 Å². The first kappa shape index (κ1) is 16.9. The Hall–Kier alpha value is -1.44. The highest BCUT2D eigenvalue weighted by Gasteiger charge is 2.24. The van der Waals surface area contributed by atoms with Crippen LogP contribution in [0.5, 0.6) is 0 Å². The molecule has 1 saturated heterocycles. The number of carbonyl (C=O) groups is 1. The summed E-state index contributed by atoms with van der Waals surface area (Å²) >= 11 is 0. The molecular weight excluding hydrogens is 302 g/mol. The number of likely N-dealkylation sites (tertiary alicyclic amines) is 1. The number of piperidine rings is 1. The standard InChI is InChI=1S/C15H23N3O3S/c1-3-17-22(20,21)13-5-4-11(2)14(10-13)15(19)18-8-6-12(16)7-9-18/h4-5,10,12,17H,3,6-9,16H2,1-2H3. The summed E-state index contributed by atoms with van der Waals surface area (Å²) in [6.07, 6.45) is 1.56. The molecule has 0 atom stereocenters. The van der Waals surface area contributed by atoms with Crippen LogP contribution in [0.2, 0.25) is 0 Å². The van der Waals surface area contributed by atoms with E-state index in [-0.39, 0.29) is 16.8 Å². The second-order valence-electron chi connectivity index (χ2n) is 5.61. The van der Waals surface area contributed by atoms with Crippen LogP contribution in [0.25, 0.3) is 0 Å². The average molecular weight is 325 g/mol. The first-order valence-electron chi connectivity index (χ1n) is 7.50. The Balaban J connectivity index is 2.29.